The molecule has 0 radical (unpaired) electrons. The number of allylic oxidation sites excluding steroid dienone is 4. The van der Waals surface area contributed by atoms with Crippen LogP contribution in [0.3, 0.4) is 0 Å². The van der Waals surface area contributed by atoms with E-state index >= 15 is 0 Å². The molecule has 0 fully saturated rings. The van der Waals surface area contributed by atoms with E-state index in [1.165, 1.54) is 0 Å². The van der Waals surface area contributed by atoms with E-state index in [1.54, 1.807) is 0 Å². The van der Waals surface area contributed by atoms with Crippen LogP contribution in [0.1, 0.15) is 12.8 Å². The molecule has 86 valence electrons. The average Bonchev–Trinajstić information content (AvgIpc) is 2.18. The van der Waals surface area contributed by atoms with Crippen molar-refractivity contribution >= 4 is 27.6 Å². The molecule has 0 spiro atoms. The van der Waals surface area contributed by atoms with Crippen molar-refractivity contribution in [2.24, 2.45) is 0 Å². The molecule has 15 heavy (non-hydrogen) atoms. The molecule has 0 saturated carbocycles. The highest BCUT2D eigenvalue weighted by molar-refractivity contribution is 6.77. The molecule has 0 bridgehead atoms. The first kappa shape index (κ1) is 13.1. The fourth-order valence-corrected chi connectivity index (χ4v) is 8.70. The van der Waals surface area contributed by atoms with Crippen LogP contribution >= 0.6 is 0 Å². The van der Waals surface area contributed by atoms with E-state index in [-0.39, 0.29) is 0 Å². The molecule has 1 rings (SSSR count). The molecule has 0 aliphatic heterocycles. The molecule has 1 atom stereocenters. The van der Waals surface area contributed by atoms with Crippen molar-refractivity contribution in [3.8, 4) is 0 Å². The fraction of sp³-hybridized carbons (Fsp3) is 0.556. The summed E-state index contributed by atoms with van der Waals surface area (Å²) in [6.45, 7) is 6.16. The van der Waals surface area contributed by atoms with Crippen molar-refractivity contribution in [2.75, 3.05) is 0 Å². The fourth-order valence-electron chi connectivity index (χ4n) is 1.58. The molecule has 1 aliphatic rings. The Labute approximate surface area is 96.8 Å². The predicted molar refractivity (Wildman–Crippen MR) is 69.9 cm³/mol. The first-order valence-corrected chi connectivity index (χ1v) is 12.0. The first-order valence-electron chi connectivity index (χ1n) is 5.49. The topological polar surface area (TPSA) is 38.7 Å². The Bertz CT molecular complexity index is 265. The van der Waals surface area contributed by atoms with Gasteiger partial charge in [0.1, 0.15) is 9.76 Å². The Morgan fingerprint density at radius 1 is 1.53 bits per heavy atom. The molecule has 0 amide bonds. The second kappa shape index (κ2) is 5.92. The van der Waals surface area contributed by atoms with Gasteiger partial charge in [-0.2, -0.15) is 0 Å². The third-order valence-corrected chi connectivity index (χ3v) is 9.27. The lowest BCUT2D eigenvalue weighted by Crippen LogP contribution is -2.49. The van der Waals surface area contributed by atoms with Gasteiger partial charge in [0.05, 0.1) is 0 Å². The molecular weight excluding hydrogens is 240 g/mol. The van der Waals surface area contributed by atoms with Crippen LogP contribution in [0.15, 0.2) is 23.4 Å². The van der Waals surface area contributed by atoms with Crippen molar-refractivity contribution in [2.45, 2.75) is 32.5 Å². The third-order valence-electron chi connectivity index (χ3n) is 2.16. The number of hydrogen-bond donors (Lipinski definition) is 1. The van der Waals surface area contributed by atoms with Crippen molar-refractivity contribution < 1.29 is 13.0 Å². The zero-order chi connectivity index (χ0) is 11.3. The minimum atomic E-state index is -2.98. The van der Waals surface area contributed by atoms with E-state index < -0.39 is 27.6 Å². The lowest BCUT2D eigenvalue weighted by atomic mass is 10.2. The Morgan fingerprint density at radius 3 is 2.73 bits per heavy atom. The zero-order valence-corrected chi connectivity index (χ0v) is 13.3. The Kier molecular flexibility index (Phi) is 5.16. The minimum absolute atomic E-state index is 0.634. The summed E-state index contributed by atoms with van der Waals surface area (Å²) >= 11 is 0. The molecule has 1 unspecified atom stereocenters. The van der Waals surface area contributed by atoms with E-state index in [4.69, 9.17) is 8.23 Å². The summed E-state index contributed by atoms with van der Waals surface area (Å²) in [5.74, 6) is 0. The second-order valence-electron chi connectivity index (χ2n) is 3.84. The van der Waals surface area contributed by atoms with E-state index in [2.05, 4.69) is 19.2 Å². The number of rotatable bonds is 5. The van der Waals surface area contributed by atoms with Crippen LogP contribution in [-0.2, 0) is 8.23 Å². The van der Waals surface area contributed by atoms with Gasteiger partial charge in [-0.05, 0) is 31.1 Å². The molecule has 1 N–H and O–H groups in total. The molecule has 0 aromatic heterocycles. The highest BCUT2D eigenvalue weighted by atomic mass is 28.5. The van der Waals surface area contributed by atoms with Crippen LogP contribution < -0.4 is 0 Å². The molecule has 3 nitrogen and oxygen atoms in total. The average molecular weight is 261 g/mol. The van der Waals surface area contributed by atoms with E-state index in [0.29, 0.717) is 0 Å². The van der Waals surface area contributed by atoms with Gasteiger partial charge in [0.2, 0.25) is 0 Å². The molecule has 6 heteroatoms. The molecule has 0 saturated heterocycles. The lowest BCUT2D eigenvalue weighted by Gasteiger charge is -2.29. The summed E-state index contributed by atoms with van der Waals surface area (Å²) < 4.78 is 11.4. The second-order valence-corrected chi connectivity index (χ2v) is 10.4. The van der Waals surface area contributed by atoms with Gasteiger partial charge in [-0.25, -0.2) is 0 Å². The minimum Gasteiger partial charge on any atom is -0.419 e. The predicted octanol–water partition coefficient (Wildman–Crippen LogP) is 0.882. The third kappa shape index (κ3) is 3.82. The highest BCUT2D eigenvalue weighted by Gasteiger charge is 2.41. The number of hydrogen-bond acceptors (Lipinski definition) is 3. The summed E-state index contributed by atoms with van der Waals surface area (Å²) in [6, 6.07) is 0. The summed E-state index contributed by atoms with van der Waals surface area (Å²) in [7, 11) is -4.87. The van der Waals surface area contributed by atoms with Gasteiger partial charge in [0.25, 0.3) is 0 Å². The quantitative estimate of drug-likeness (QED) is 0.746. The van der Waals surface area contributed by atoms with E-state index in [9.17, 15) is 4.80 Å². The van der Waals surface area contributed by atoms with Crippen molar-refractivity contribution in [1.29, 1.82) is 0 Å². The van der Waals surface area contributed by atoms with Crippen LogP contribution in [0.25, 0.3) is 0 Å². The monoisotopic (exact) mass is 260 g/mol. The Morgan fingerprint density at radius 2 is 2.27 bits per heavy atom. The molecule has 0 heterocycles. The largest absolute Gasteiger partial charge is 0.508 e. The maximum absolute atomic E-state index is 10.5. The molecular formula is C9H20O3Si3. The summed E-state index contributed by atoms with van der Waals surface area (Å²) in [5, 5.41) is 1.00. The summed E-state index contributed by atoms with van der Waals surface area (Å²) in [4.78, 5) is 10.5. The van der Waals surface area contributed by atoms with Crippen LogP contribution in [0, 0.1) is 0 Å². The normalized spacial score (nSPS) is 21.0. The summed E-state index contributed by atoms with van der Waals surface area (Å²) in [6.07, 6.45) is 7.93. The Hall–Kier alpha value is 0.0106. The van der Waals surface area contributed by atoms with Gasteiger partial charge in [0.15, 0.2) is 9.04 Å². The van der Waals surface area contributed by atoms with Crippen LogP contribution in [0.5, 0.6) is 0 Å². The van der Waals surface area contributed by atoms with Crippen LogP contribution in [0.2, 0.25) is 19.6 Å². The maximum atomic E-state index is 10.5. The SMILES string of the molecule is C[SiH2]O[Si](O)(O[SiH](C)C)C1=CC=CCC1. The standard InChI is InChI=1S/C9H20O3Si3/c1-13-11-15(10,12-14(2)3)9-7-5-4-6-8-9/h4-5,7,10,14H,6,8,13H2,1-3H3. The van der Waals surface area contributed by atoms with E-state index in [1.807, 2.05) is 18.7 Å². The first-order chi connectivity index (χ1) is 7.08. The molecule has 0 aromatic carbocycles. The molecule has 1 aliphatic carbocycles. The van der Waals surface area contributed by atoms with Crippen molar-refractivity contribution in [3.05, 3.63) is 23.4 Å². The van der Waals surface area contributed by atoms with Gasteiger partial charge in [0, 0.05) is 0 Å². The Balaban J connectivity index is 2.78. The van der Waals surface area contributed by atoms with Crippen LogP contribution in [-0.4, -0.2) is 32.4 Å². The van der Waals surface area contributed by atoms with Gasteiger partial charge >= 0.3 is 8.80 Å². The van der Waals surface area contributed by atoms with Gasteiger partial charge in [-0.3, -0.25) is 0 Å². The zero-order valence-electron chi connectivity index (χ0n) is 9.69. The summed E-state index contributed by atoms with van der Waals surface area (Å²) in [5.41, 5.74) is 0. The lowest BCUT2D eigenvalue weighted by molar-refractivity contribution is 0.271. The maximum Gasteiger partial charge on any atom is 0.508 e. The van der Waals surface area contributed by atoms with Crippen LogP contribution in [0.4, 0.5) is 0 Å². The van der Waals surface area contributed by atoms with Gasteiger partial charge < -0.3 is 13.0 Å². The smallest absolute Gasteiger partial charge is 0.419 e. The highest BCUT2D eigenvalue weighted by Crippen LogP contribution is 2.23. The van der Waals surface area contributed by atoms with Crippen molar-refractivity contribution in [1.82, 2.24) is 0 Å². The van der Waals surface area contributed by atoms with Gasteiger partial charge in [-0.15, -0.1) is 0 Å². The van der Waals surface area contributed by atoms with Gasteiger partial charge in [-0.1, -0.05) is 24.8 Å². The van der Waals surface area contributed by atoms with E-state index in [0.717, 1.165) is 18.0 Å². The molecule has 0 aromatic rings. The van der Waals surface area contributed by atoms with Crippen molar-refractivity contribution in [3.63, 3.8) is 0 Å².